The summed E-state index contributed by atoms with van der Waals surface area (Å²) in [4.78, 5) is 28.5. The van der Waals surface area contributed by atoms with E-state index in [1.807, 2.05) is 0 Å². The second-order valence-corrected chi connectivity index (χ2v) is 3.92. The standard InChI is InChI=1S/C10H14F2N4O2/c1-14(2)10(18)6-8(15(3)5-17)13-9(7(11)12)16(6)4/h5,7H,1-4H3. The van der Waals surface area contributed by atoms with Gasteiger partial charge in [-0.25, -0.2) is 13.8 Å². The van der Waals surface area contributed by atoms with Gasteiger partial charge in [0, 0.05) is 28.2 Å². The van der Waals surface area contributed by atoms with Crippen molar-refractivity contribution in [3.63, 3.8) is 0 Å². The molecule has 0 radical (unpaired) electrons. The maximum absolute atomic E-state index is 12.7. The lowest BCUT2D eigenvalue weighted by Gasteiger charge is -2.14. The van der Waals surface area contributed by atoms with Crippen molar-refractivity contribution >= 4 is 18.1 Å². The van der Waals surface area contributed by atoms with Gasteiger partial charge in [0.15, 0.2) is 17.3 Å². The number of aromatic nitrogens is 2. The van der Waals surface area contributed by atoms with Crippen molar-refractivity contribution in [2.45, 2.75) is 6.43 Å². The van der Waals surface area contributed by atoms with Crippen LogP contribution in [0.1, 0.15) is 22.7 Å². The Morgan fingerprint density at radius 2 is 1.94 bits per heavy atom. The number of alkyl halides is 2. The first kappa shape index (κ1) is 14.1. The fourth-order valence-electron chi connectivity index (χ4n) is 1.44. The first-order valence-corrected chi connectivity index (χ1v) is 5.05. The topological polar surface area (TPSA) is 58.4 Å². The highest BCUT2D eigenvalue weighted by Gasteiger charge is 2.28. The van der Waals surface area contributed by atoms with E-state index in [0.717, 1.165) is 9.47 Å². The Morgan fingerprint density at radius 3 is 2.33 bits per heavy atom. The Labute approximate surface area is 103 Å². The van der Waals surface area contributed by atoms with Crippen molar-refractivity contribution in [2.24, 2.45) is 7.05 Å². The minimum absolute atomic E-state index is 0.0510. The third-order valence-electron chi connectivity index (χ3n) is 2.41. The lowest BCUT2D eigenvalue weighted by atomic mass is 10.3. The van der Waals surface area contributed by atoms with Crippen LogP contribution in [0.3, 0.4) is 0 Å². The van der Waals surface area contributed by atoms with Crippen molar-refractivity contribution in [3.05, 3.63) is 11.5 Å². The molecule has 0 saturated carbocycles. The Balaban J connectivity index is 3.45. The summed E-state index contributed by atoms with van der Waals surface area (Å²) in [5.74, 6) is -1.13. The van der Waals surface area contributed by atoms with E-state index in [0.29, 0.717) is 6.41 Å². The summed E-state index contributed by atoms with van der Waals surface area (Å²) in [5, 5.41) is 0. The maximum atomic E-state index is 12.7. The average molecular weight is 260 g/mol. The van der Waals surface area contributed by atoms with Crippen molar-refractivity contribution in [1.82, 2.24) is 14.5 Å². The molecule has 2 amide bonds. The molecular formula is C10H14F2N4O2. The molecule has 1 rings (SSSR count). The van der Waals surface area contributed by atoms with Crippen molar-refractivity contribution in [2.75, 3.05) is 26.0 Å². The normalized spacial score (nSPS) is 10.6. The summed E-state index contributed by atoms with van der Waals surface area (Å²) in [7, 11) is 5.63. The molecule has 0 unspecified atom stereocenters. The summed E-state index contributed by atoms with van der Waals surface area (Å²) < 4.78 is 26.5. The van der Waals surface area contributed by atoms with Gasteiger partial charge in [-0.15, -0.1) is 0 Å². The van der Waals surface area contributed by atoms with E-state index in [2.05, 4.69) is 4.98 Å². The van der Waals surface area contributed by atoms with E-state index in [1.165, 1.54) is 33.1 Å². The Hall–Kier alpha value is -1.99. The molecule has 0 saturated heterocycles. The highest BCUT2D eigenvalue weighted by molar-refractivity contribution is 5.99. The van der Waals surface area contributed by atoms with Crippen molar-refractivity contribution in [1.29, 1.82) is 0 Å². The van der Waals surface area contributed by atoms with Crippen LogP contribution < -0.4 is 4.90 Å². The van der Waals surface area contributed by atoms with Crippen LogP contribution in [0.4, 0.5) is 14.6 Å². The molecule has 0 bridgehead atoms. The number of hydrogen-bond acceptors (Lipinski definition) is 3. The number of rotatable bonds is 4. The number of carbonyl (C=O) groups is 2. The summed E-state index contributed by atoms with van der Waals surface area (Å²) in [5.41, 5.74) is -0.0510. The zero-order chi connectivity index (χ0) is 14.0. The third kappa shape index (κ3) is 2.31. The number of amides is 2. The van der Waals surface area contributed by atoms with Gasteiger partial charge >= 0.3 is 0 Å². The summed E-state index contributed by atoms with van der Waals surface area (Å²) in [6, 6.07) is 0. The minimum atomic E-state index is -2.82. The molecule has 1 aromatic heterocycles. The number of anilines is 1. The van der Waals surface area contributed by atoms with E-state index < -0.39 is 18.2 Å². The van der Waals surface area contributed by atoms with Crippen LogP contribution in [0.25, 0.3) is 0 Å². The fraction of sp³-hybridized carbons (Fsp3) is 0.500. The number of carbonyl (C=O) groups excluding carboxylic acids is 2. The first-order valence-electron chi connectivity index (χ1n) is 5.05. The van der Waals surface area contributed by atoms with Crippen molar-refractivity contribution in [3.8, 4) is 0 Å². The molecule has 0 aliphatic carbocycles. The summed E-state index contributed by atoms with van der Waals surface area (Å²) in [6.07, 6.45) is -2.41. The number of imidazole rings is 1. The van der Waals surface area contributed by atoms with E-state index in [9.17, 15) is 18.4 Å². The molecule has 8 heteroatoms. The van der Waals surface area contributed by atoms with Gasteiger partial charge in [-0.3, -0.25) is 9.59 Å². The Bertz CT molecular complexity index is 471. The molecule has 6 nitrogen and oxygen atoms in total. The van der Waals surface area contributed by atoms with Crippen LogP contribution in [0, 0.1) is 0 Å². The zero-order valence-electron chi connectivity index (χ0n) is 10.5. The molecule has 0 spiro atoms. The summed E-state index contributed by atoms with van der Waals surface area (Å²) >= 11 is 0. The van der Waals surface area contributed by atoms with Crippen LogP contribution >= 0.6 is 0 Å². The minimum Gasteiger partial charge on any atom is -0.343 e. The number of halogens is 2. The molecule has 1 heterocycles. The van der Waals surface area contributed by atoms with E-state index in [4.69, 9.17) is 0 Å². The molecule has 0 atom stereocenters. The highest BCUT2D eigenvalue weighted by atomic mass is 19.3. The lowest BCUT2D eigenvalue weighted by Crippen LogP contribution is -2.27. The molecule has 0 fully saturated rings. The predicted octanol–water partition coefficient (Wildman–Crippen LogP) is 0.652. The van der Waals surface area contributed by atoms with Gasteiger partial charge in [0.25, 0.3) is 12.3 Å². The van der Waals surface area contributed by atoms with E-state index in [-0.39, 0.29) is 11.5 Å². The molecule has 0 aliphatic heterocycles. The van der Waals surface area contributed by atoms with Crippen molar-refractivity contribution < 1.29 is 18.4 Å². The van der Waals surface area contributed by atoms with Crippen LogP contribution in [-0.2, 0) is 11.8 Å². The smallest absolute Gasteiger partial charge is 0.295 e. The largest absolute Gasteiger partial charge is 0.343 e. The zero-order valence-corrected chi connectivity index (χ0v) is 10.5. The highest BCUT2D eigenvalue weighted by Crippen LogP contribution is 2.26. The molecule has 1 aromatic rings. The van der Waals surface area contributed by atoms with Gasteiger partial charge in [-0.1, -0.05) is 0 Å². The maximum Gasteiger partial charge on any atom is 0.295 e. The summed E-state index contributed by atoms with van der Waals surface area (Å²) in [6.45, 7) is 0. The van der Waals surface area contributed by atoms with Gasteiger partial charge < -0.3 is 14.4 Å². The van der Waals surface area contributed by atoms with Crippen LogP contribution in [0.2, 0.25) is 0 Å². The Morgan fingerprint density at radius 1 is 1.39 bits per heavy atom. The second kappa shape index (κ2) is 5.11. The van der Waals surface area contributed by atoms with E-state index in [1.54, 1.807) is 0 Å². The number of hydrogen-bond donors (Lipinski definition) is 0. The monoisotopic (exact) mass is 260 g/mol. The average Bonchev–Trinajstić information content (AvgIpc) is 2.64. The van der Waals surface area contributed by atoms with Gasteiger partial charge in [0.05, 0.1) is 0 Å². The van der Waals surface area contributed by atoms with Crippen LogP contribution in [0.5, 0.6) is 0 Å². The molecule has 0 N–H and O–H groups in total. The fourth-order valence-corrected chi connectivity index (χ4v) is 1.44. The molecule has 18 heavy (non-hydrogen) atoms. The van der Waals surface area contributed by atoms with Crippen LogP contribution in [-0.4, -0.2) is 47.9 Å². The van der Waals surface area contributed by atoms with Gasteiger partial charge in [0.2, 0.25) is 6.41 Å². The molecule has 100 valence electrons. The first-order chi connectivity index (χ1) is 8.31. The van der Waals surface area contributed by atoms with Gasteiger partial charge in [-0.2, -0.15) is 0 Å². The predicted molar refractivity (Wildman–Crippen MR) is 60.6 cm³/mol. The van der Waals surface area contributed by atoms with Gasteiger partial charge in [0.1, 0.15) is 0 Å². The van der Waals surface area contributed by atoms with Crippen LogP contribution in [0.15, 0.2) is 0 Å². The Kier molecular flexibility index (Phi) is 4.00. The quantitative estimate of drug-likeness (QED) is 0.747. The number of nitrogens with zero attached hydrogens (tertiary/aromatic N) is 4. The SMILES string of the molecule is CN(C)C(=O)c1c(N(C)C=O)nc(C(F)F)n1C. The van der Waals surface area contributed by atoms with Gasteiger partial charge in [-0.05, 0) is 0 Å². The molecular weight excluding hydrogens is 246 g/mol. The molecule has 0 aromatic carbocycles. The third-order valence-corrected chi connectivity index (χ3v) is 2.41. The second-order valence-electron chi connectivity index (χ2n) is 3.92. The van der Waals surface area contributed by atoms with E-state index >= 15 is 0 Å². The lowest BCUT2D eigenvalue weighted by molar-refractivity contribution is -0.107. The molecule has 0 aliphatic rings.